The van der Waals surface area contributed by atoms with Gasteiger partial charge in [-0.1, -0.05) is 40.2 Å². The number of aliphatic hydroxyl groups is 2. The summed E-state index contributed by atoms with van der Waals surface area (Å²) in [6, 6.07) is 7.03. The average Bonchev–Trinajstić information content (AvgIpc) is 3.43. The first-order valence-electron chi connectivity index (χ1n) is 9.69. The number of halogens is 2. The van der Waals surface area contributed by atoms with Gasteiger partial charge in [-0.2, -0.15) is 5.26 Å². The van der Waals surface area contributed by atoms with Crippen LogP contribution in [0, 0.1) is 11.3 Å². The van der Waals surface area contributed by atoms with Gasteiger partial charge in [-0.25, -0.2) is 9.67 Å². The van der Waals surface area contributed by atoms with Crippen molar-refractivity contribution in [2.45, 2.75) is 42.1 Å². The van der Waals surface area contributed by atoms with E-state index in [2.05, 4.69) is 21.4 Å². The number of aliphatic hydroxyl groups excluding tert-OH is 2. The van der Waals surface area contributed by atoms with Crippen LogP contribution in [0.4, 0.5) is 0 Å². The highest BCUT2D eigenvalue weighted by atomic mass is 35.5. The Morgan fingerprint density at radius 3 is 2.73 bits per heavy atom. The maximum atomic E-state index is 9.99. The fourth-order valence-electron chi connectivity index (χ4n) is 2.80. The highest BCUT2D eigenvalue weighted by Gasteiger charge is 2.30. The van der Waals surface area contributed by atoms with Crippen molar-refractivity contribution < 1.29 is 19.7 Å². The number of hydrogen-bond donors (Lipinski definition) is 2. The predicted molar refractivity (Wildman–Crippen MR) is 126 cm³/mol. The molecule has 0 fully saturated rings. The summed E-state index contributed by atoms with van der Waals surface area (Å²) in [7, 11) is 1.51. The van der Waals surface area contributed by atoms with Crippen molar-refractivity contribution in [1.29, 1.82) is 5.26 Å². The van der Waals surface area contributed by atoms with E-state index in [9.17, 15) is 15.5 Å². The van der Waals surface area contributed by atoms with Crippen molar-refractivity contribution in [3.63, 3.8) is 0 Å². The molecule has 0 amide bonds. The smallest absolute Gasteiger partial charge is 0.147 e. The van der Waals surface area contributed by atoms with Gasteiger partial charge in [0.2, 0.25) is 0 Å². The Kier molecular flexibility index (Phi) is 9.48. The third-order valence-electron chi connectivity index (χ3n) is 4.54. The molecule has 0 saturated heterocycles. The number of nitriles is 1. The molecule has 0 saturated carbocycles. The lowest BCUT2D eigenvalue weighted by molar-refractivity contribution is -0.105. The average molecular weight is 530 g/mol. The molecule has 2 aromatic heterocycles. The minimum atomic E-state index is -0.932. The quantitative estimate of drug-likeness (QED) is 0.283. The van der Waals surface area contributed by atoms with E-state index in [1.54, 1.807) is 34.5 Å². The molecule has 0 radical (unpaired) electrons. The van der Waals surface area contributed by atoms with Crippen LogP contribution >= 0.6 is 46.3 Å². The highest BCUT2D eigenvalue weighted by Crippen LogP contribution is 2.34. The molecule has 2 N–H and O–H groups in total. The predicted octanol–water partition coefficient (Wildman–Crippen LogP) is 3.47. The van der Waals surface area contributed by atoms with Crippen LogP contribution in [-0.2, 0) is 16.0 Å². The van der Waals surface area contributed by atoms with Crippen LogP contribution in [0.3, 0.4) is 0 Å². The van der Waals surface area contributed by atoms with Gasteiger partial charge in [0, 0.05) is 22.4 Å². The lowest BCUT2D eigenvalue weighted by atomic mass is 10.2. The Balaban J connectivity index is 1.86. The number of ether oxygens (including phenoxy) is 2. The highest BCUT2D eigenvalue weighted by molar-refractivity contribution is 7.99. The van der Waals surface area contributed by atoms with E-state index in [0.717, 1.165) is 0 Å². The zero-order valence-corrected chi connectivity index (χ0v) is 20.8. The van der Waals surface area contributed by atoms with Crippen LogP contribution < -0.4 is 0 Å². The molecule has 0 spiro atoms. The lowest BCUT2D eigenvalue weighted by Gasteiger charge is -2.30. The van der Waals surface area contributed by atoms with E-state index in [-0.39, 0.29) is 6.54 Å². The van der Waals surface area contributed by atoms with Crippen LogP contribution in [0.1, 0.15) is 12.5 Å². The number of rotatable bonds is 11. The molecule has 0 aliphatic heterocycles. The summed E-state index contributed by atoms with van der Waals surface area (Å²) in [4.78, 5) is 4.77. The molecule has 0 bridgehead atoms. The number of aromatic nitrogens is 4. The van der Waals surface area contributed by atoms with Gasteiger partial charge >= 0.3 is 0 Å². The number of thiazole rings is 1. The largest absolute Gasteiger partial charge is 0.394 e. The van der Waals surface area contributed by atoms with Gasteiger partial charge < -0.3 is 19.7 Å². The molecule has 4 atom stereocenters. The van der Waals surface area contributed by atoms with Gasteiger partial charge in [0.15, 0.2) is 0 Å². The van der Waals surface area contributed by atoms with Gasteiger partial charge in [0.1, 0.15) is 39.6 Å². The van der Waals surface area contributed by atoms with E-state index >= 15 is 0 Å². The first-order valence-corrected chi connectivity index (χ1v) is 12.2. The number of benzene rings is 1. The summed E-state index contributed by atoms with van der Waals surface area (Å²) < 4.78 is 13.3. The summed E-state index contributed by atoms with van der Waals surface area (Å²) in [5.74, 6) is 0. The molecule has 1 aromatic carbocycles. The summed E-state index contributed by atoms with van der Waals surface area (Å²) >= 11 is 14.6. The molecule has 13 heteroatoms. The number of thioether (sulfide) groups is 1. The topological polar surface area (TPSA) is 126 Å². The molecule has 3 aromatic rings. The number of methoxy groups -OCH3 is 1. The Hall–Kier alpha value is -1.75. The van der Waals surface area contributed by atoms with Crippen LogP contribution in [0.25, 0.3) is 10.7 Å². The Labute approximate surface area is 208 Å². The van der Waals surface area contributed by atoms with Gasteiger partial charge in [-0.3, -0.25) is 0 Å². The molecular formula is C20H21Cl2N5O4S2. The summed E-state index contributed by atoms with van der Waals surface area (Å²) in [5, 5.41) is 40.6. The fraction of sp³-hybridized carbons (Fsp3) is 0.400. The van der Waals surface area contributed by atoms with Gasteiger partial charge in [0.05, 0.1) is 31.0 Å². The molecule has 2 unspecified atom stereocenters. The van der Waals surface area contributed by atoms with Crippen molar-refractivity contribution in [1.82, 2.24) is 20.0 Å². The fourth-order valence-corrected chi connectivity index (χ4v) is 5.16. The zero-order chi connectivity index (χ0) is 24.0. The second kappa shape index (κ2) is 12.1. The maximum Gasteiger partial charge on any atom is 0.147 e. The van der Waals surface area contributed by atoms with Gasteiger partial charge in [-0.05, 0) is 25.1 Å². The molecule has 0 aliphatic rings. The van der Waals surface area contributed by atoms with Crippen LogP contribution in [0.2, 0.25) is 10.2 Å². The Morgan fingerprint density at radius 1 is 1.33 bits per heavy atom. The van der Waals surface area contributed by atoms with Crippen molar-refractivity contribution in [2.75, 3.05) is 13.7 Å². The Bertz CT molecular complexity index is 1100. The molecule has 0 aliphatic carbocycles. The molecule has 9 nitrogen and oxygen atoms in total. The monoisotopic (exact) mass is 529 g/mol. The SMILES string of the molecule is CO[C@@H](Cn1cc(-c2nc(Cl)cs2)nn1)C(OC(CO)[C@@H](C)O)Sc1cc(Cl)ccc1C#N. The zero-order valence-electron chi connectivity index (χ0n) is 17.6. The van der Waals surface area contributed by atoms with Crippen LogP contribution in [-0.4, -0.2) is 67.7 Å². The van der Waals surface area contributed by atoms with Gasteiger partial charge in [0.25, 0.3) is 0 Å². The second-order valence-corrected chi connectivity index (χ2v) is 9.73. The van der Waals surface area contributed by atoms with E-state index in [4.69, 9.17) is 32.7 Å². The van der Waals surface area contributed by atoms with Gasteiger partial charge in [-0.15, -0.1) is 16.4 Å². The van der Waals surface area contributed by atoms with Crippen molar-refractivity contribution in [2.24, 2.45) is 0 Å². The normalized spacial score (nSPS) is 15.1. The van der Waals surface area contributed by atoms with Crippen LogP contribution in [0.5, 0.6) is 0 Å². The minimum absolute atomic E-state index is 0.237. The summed E-state index contributed by atoms with van der Waals surface area (Å²) in [6.07, 6.45) is -0.685. The molecule has 3 rings (SSSR count). The first-order chi connectivity index (χ1) is 15.8. The van der Waals surface area contributed by atoms with E-state index < -0.39 is 30.4 Å². The maximum absolute atomic E-state index is 9.99. The lowest BCUT2D eigenvalue weighted by Crippen LogP contribution is -2.40. The molecular weight excluding hydrogens is 509 g/mol. The summed E-state index contributed by atoms with van der Waals surface area (Å²) in [6.45, 7) is 1.36. The van der Waals surface area contributed by atoms with E-state index in [1.807, 2.05) is 0 Å². The Morgan fingerprint density at radius 2 is 2.12 bits per heavy atom. The van der Waals surface area contributed by atoms with Crippen molar-refractivity contribution in [3.8, 4) is 16.8 Å². The summed E-state index contributed by atoms with van der Waals surface area (Å²) in [5.41, 5.74) is 0.245. The second-order valence-electron chi connectivity index (χ2n) is 6.91. The number of nitrogens with zero attached hydrogens (tertiary/aromatic N) is 5. The molecule has 2 heterocycles. The van der Waals surface area contributed by atoms with E-state index in [1.165, 1.54) is 37.1 Å². The first kappa shape index (κ1) is 25.9. The van der Waals surface area contributed by atoms with Crippen molar-refractivity contribution in [3.05, 3.63) is 45.5 Å². The van der Waals surface area contributed by atoms with Crippen LogP contribution in [0.15, 0.2) is 34.7 Å². The molecule has 176 valence electrons. The standard InChI is InChI=1S/C20H21Cl2N5O4S2/c1-11(29)16(9-28)31-20(33-17-5-13(21)4-3-12(17)6-23)15(30-2)8-27-7-14(25-26-27)19-24-18(22)10-32-19/h3-5,7,10-11,15-16,20,28-29H,8-9H2,1-2H3/t11-,15+,16?,20?/m1/s1. The third-order valence-corrected chi connectivity index (χ3v) is 7.20. The number of hydrogen-bond acceptors (Lipinski definition) is 10. The van der Waals surface area contributed by atoms with E-state index in [0.29, 0.717) is 31.3 Å². The van der Waals surface area contributed by atoms with Crippen molar-refractivity contribution >= 4 is 46.3 Å². The molecule has 33 heavy (non-hydrogen) atoms. The third kappa shape index (κ3) is 6.88. The minimum Gasteiger partial charge on any atom is -0.394 e.